The van der Waals surface area contributed by atoms with E-state index in [0.29, 0.717) is 32.9 Å². The van der Waals surface area contributed by atoms with Crippen LogP contribution < -0.4 is 4.74 Å². The van der Waals surface area contributed by atoms with E-state index < -0.39 is 5.97 Å². The molecular weight excluding hydrogens is 349 g/mol. The first-order valence-electron chi connectivity index (χ1n) is 6.96. The summed E-state index contributed by atoms with van der Waals surface area (Å²) < 4.78 is 5.69. The molecule has 1 N–H and O–H groups in total. The summed E-state index contributed by atoms with van der Waals surface area (Å²) in [5.74, 6) is -0.209. The molecule has 0 radical (unpaired) electrons. The van der Waals surface area contributed by atoms with Crippen LogP contribution in [0.25, 0.3) is 11.3 Å². The maximum atomic E-state index is 11.1. The highest BCUT2D eigenvalue weighted by Crippen LogP contribution is 2.31. The van der Waals surface area contributed by atoms with Crippen LogP contribution in [0.1, 0.15) is 10.4 Å². The normalized spacial score (nSPS) is 10.4. The standard InChI is InChI=1S/C18H11Cl2NO3/c19-13-7-8-16(14(20)10-13)24-17-6-2-5-15(21-17)11-3-1-4-12(9-11)18(22)23/h1-10H,(H,22,23). The highest BCUT2D eigenvalue weighted by molar-refractivity contribution is 6.35. The minimum Gasteiger partial charge on any atom is -0.478 e. The second-order valence-corrected chi connectivity index (χ2v) is 5.77. The molecule has 0 spiro atoms. The van der Waals surface area contributed by atoms with Crippen LogP contribution >= 0.6 is 23.2 Å². The van der Waals surface area contributed by atoms with Crippen LogP contribution in [0.5, 0.6) is 11.6 Å². The predicted octanol–water partition coefficient (Wildman–Crippen LogP) is 5.55. The summed E-state index contributed by atoms with van der Waals surface area (Å²) in [6.07, 6.45) is 0. The molecule has 0 fully saturated rings. The number of carbonyl (C=O) groups is 1. The van der Waals surface area contributed by atoms with Crippen LogP contribution in [0.15, 0.2) is 60.7 Å². The van der Waals surface area contributed by atoms with Crippen LogP contribution in [-0.2, 0) is 0 Å². The third-order valence-electron chi connectivity index (χ3n) is 3.24. The Morgan fingerprint density at radius 1 is 1.00 bits per heavy atom. The van der Waals surface area contributed by atoms with Crippen molar-refractivity contribution in [3.63, 3.8) is 0 Å². The van der Waals surface area contributed by atoms with Gasteiger partial charge < -0.3 is 9.84 Å². The summed E-state index contributed by atoms with van der Waals surface area (Å²) in [6, 6.07) is 16.7. The van der Waals surface area contributed by atoms with Gasteiger partial charge in [0.25, 0.3) is 0 Å². The van der Waals surface area contributed by atoms with E-state index in [1.54, 1.807) is 54.6 Å². The topological polar surface area (TPSA) is 59.4 Å². The molecule has 2 aromatic carbocycles. The Labute approximate surface area is 148 Å². The van der Waals surface area contributed by atoms with Crippen LogP contribution in [0.2, 0.25) is 10.0 Å². The third kappa shape index (κ3) is 3.67. The molecule has 0 saturated heterocycles. The summed E-state index contributed by atoms with van der Waals surface area (Å²) in [6.45, 7) is 0. The van der Waals surface area contributed by atoms with Gasteiger partial charge in [0.2, 0.25) is 5.88 Å². The third-order valence-corrected chi connectivity index (χ3v) is 3.77. The molecule has 6 heteroatoms. The van der Waals surface area contributed by atoms with Gasteiger partial charge in [-0.15, -0.1) is 0 Å². The van der Waals surface area contributed by atoms with E-state index in [1.807, 2.05) is 0 Å². The van der Waals surface area contributed by atoms with E-state index >= 15 is 0 Å². The molecule has 0 aliphatic heterocycles. The summed E-state index contributed by atoms with van der Waals surface area (Å²) in [4.78, 5) is 15.5. The van der Waals surface area contributed by atoms with Gasteiger partial charge in [0.15, 0.2) is 0 Å². The Hall–Kier alpha value is -2.56. The van der Waals surface area contributed by atoms with Gasteiger partial charge in [0.05, 0.1) is 16.3 Å². The van der Waals surface area contributed by atoms with Crippen molar-refractivity contribution in [2.75, 3.05) is 0 Å². The molecule has 24 heavy (non-hydrogen) atoms. The second kappa shape index (κ2) is 6.91. The maximum absolute atomic E-state index is 11.1. The van der Waals surface area contributed by atoms with E-state index in [1.165, 1.54) is 6.07 Å². The van der Waals surface area contributed by atoms with Crippen LogP contribution in [0.3, 0.4) is 0 Å². The molecule has 0 amide bonds. The van der Waals surface area contributed by atoms with Gasteiger partial charge in [-0.25, -0.2) is 9.78 Å². The summed E-state index contributed by atoms with van der Waals surface area (Å²) >= 11 is 12.0. The van der Waals surface area contributed by atoms with Crippen LogP contribution in [0, 0.1) is 0 Å². The van der Waals surface area contributed by atoms with E-state index in [-0.39, 0.29) is 5.56 Å². The zero-order valence-corrected chi connectivity index (χ0v) is 13.8. The van der Waals surface area contributed by atoms with E-state index in [2.05, 4.69) is 4.98 Å². The molecule has 0 atom stereocenters. The van der Waals surface area contributed by atoms with E-state index in [0.717, 1.165) is 0 Å². The molecule has 0 aliphatic rings. The Morgan fingerprint density at radius 3 is 2.54 bits per heavy atom. The molecule has 3 rings (SSSR count). The van der Waals surface area contributed by atoms with Gasteiger partial charge in [-0.2, -0.15) is 0 Å². The smallest absolute Gasteiger partial charge is 0.335 e. The molecule has 4 nitrogen and oxygen atoms in total. The second-order valence-electron chi connectivity index (χ2n) is 4.92. The molecule has 120 valence electrons. The SMILES string of the molecule is O=C(O)c1cccc(-c2cccc(Oc3ccc(Cl)cc3Cl)n2)c1. The molecule has 3 aromatic rings. The minimum absolute atomic E-state index is 0.196. The van der Waals surface area contributed by atoms with E-state index in [9.17, 15) is 4.79 Å². The molecule has 1 heterocycles. The molecule has 0 saturated carbocycles. The fraction of sp³-hybridized carbons (Fsp3) is 0. The minimum atomic E-state index is -0.989. The number of carboxylic acid groups (broad SMARTS) is 1. The molecule has 0 bridgehead atoms. The lowest BCUT2D eigenvalue weighted by molar-refractivity contribution is 0.0697. The molecule has 0 aliphatic carbocycles. The molecule has 1 aromatic heterocycles. The number of hydrogen-bond acceptors (Lipinski definition) is 3. The number of nitrogens with zero attached hydrogens (tertiary/aromatic N) is 1. The van der Waals surface area contributed by atoms with Gasteiger partial charge in [0.1, 0.15) is 5.75 Å². The highest BCUT2D eigenvalue weighted by atomic mass is 35.5. The van der Waals surface area contributed by atoms with Gasteiger partial charge >= 0.3 is 5.97 Å². The van der Waals surface area contributed by atoms with Crippen LogP contribution in [0.4, 0.5) is 0 Å². The number of rotatable bonds is 4. The van der Waals surface area contributed by atoms with Crippen molar-refractivity contribution in [3.05, 3.63) is 76.3 Å². The number of pyridine rings is 1. The number of carboxylic acids is 1. The first-order chi connectivity index (χ1) is 11.5. The average molecular weight is 360 g/mol. The van der Waals surface area contributed by atoms with Gasteiger partial charge in [0, 0.05) is 16.7 Å². The van der Waals surface area contributed by atoms with Gasteiger partial charge in [-0.1, -0.05) is 41.4 Å². The van der Waals surface area contributed by atoms with Crippen molar-refractivity contribution in [2.45, 2.75) is 0 Å². The lowest BCUT2D eigenvalue weighted by atomic mass is 10.1. The van der Waals surface area contributed by atoms with Crippen molar-refractivity contribution >= 4 is 29.2 Å². The number of hydrogen-bond donors (Lipinski definition) is 1. The Kier molecular flexibility index (Phi) is 4.69. The number of benzene rings is 2. The number of aromatic nitrogens is 1. The van der Waals surface area contributed by atoms with E-state index in [4.69, 9.17) is 33.0 Å². The number of halogens is 2. The lowest BCUT2D eigenvalue weighted by Crippen LogP contribution is -1.96. The zero-order valence-electron chi connectivity index (χ0n) is 12.2. The molecular formula is C18H11Cl2NO3. The Bertz CT molecular complexity index is 912. The zero-order chi connectivity index (χ0) is 17.1. The first kappa shape index (κ1) is 16.3. The Morgan fingerprint density at radius 2 is 1.79 bits per heavy atom. The fourth-order valence-corrected chi connectivity index (χ4v) is 2.56. The number of ether oxygens (including phenoxy) is 1. The number of aromatic carboxylic acids is 1. The summed E-state index contributed by atoms with van der Waals surface area (Å²) in [7, 11) is 0. The first-order valence-corrected chi connectivity index (χ1v) is 7.72. The monoisotopic (exact) mass is 359 g/mol. The summed E-state index contributed by atoms with van der Waals surface area (Å²) in [5.41, 5.74) is 1.48. The van der Waals surface area contributed by atoms with Crippen molar-refractivity contribution in [1.29, 1.82) is 0 Å². The maximum Gasteiger partial charge on any atom is 0.335 e. The van der Waals surface area contributed by atoms with Crippen molar-refractivity contribution in [2.24, 2.45) is 0 Å². The van der Waals surface area contributed by atoms with Crippen molar-refractivity contribution < 1.29 is 14.6 Å². The highest BCUT2D eigenvalue weighted by Gasteiger charge is 2.09. The van der Waals surface area contributed by atoms with Gasteiger partial charge in [-0.05, 0) is 36.4 Å². The van der Waals surface area contributed by atoms with Crippen molar-refractivity contribution in [1.82, 2.24) is 4.98 Å². The summed E-state index contributed by atoms with van der Waals surface area (Å²) in [5, 5.41) is 9.98. The Balaban J connectivity index is 1.92. The molecule has 0 unspecified atom stereocenters. The lowest BCUT2D eigenvalue weighted by Gasteiger charge is -2.09. The average Bonchev–Trinajstić information content (AvgIpc) is 2.58. The van der Waals surface area contributed by atoms with Crippen molar-refractivity contribution in [3.8, 4) is 22.9 Å². The largest absolute Gasteiger partial charge is 0.478 e. The quantitative estimate of drug-likeness (QED) is 0.663. The van der Waals surface area contributed by atoms with Gasteiger partial charge in [-0.3, -0.25) is 0 Å². The predicted molar refractivity (Wildman–Crippen MR) is 93.2 cm³/mol. The fourth-order valence-electron chi connectivity index (χ4n) is 2.11. The van der Waals surface area contributed by atoms with Crippen LogP contribution in [-0.4, -0.2) is 16.1 Å².